The highest BCUT2D eigenvalue weighted by atomic mass is 35.5. The van der Waals surface area contributed by atoms with Crippen LogP contribution in [0.1, 0.15) is 35.5 Å². The number of carbonyl (C=O) groups excluding carboxylic acids is 2. The second-order valence-electron chi connectivity index (χ2n) is 8.46. The Morgan fingerprint density at radius 2 is 1.76 bits per heavy atom. The molecule has 0 aliphatic heterocycles. The Bertz CT molecular complexity index is 1300. The van der Waals surface area contributed by atoms with Gasteiger partial charge in [-0.1, -0.05) is 31.5 Å². The van der Waals surface area contributed by atoms with Crippen molar-refractivity contribution in [1.82, 2.24) is 10.3 Å². The lowest BCUT2D eigenvalue weighted by molar-refractivity contribution is -0.137. The van der Waals surface area contributed by atoms with E-state index in [0.717, 1.165) is 12.1 Å². The van der Waals surface area contributed by atoms with Gasteiger partial charge >= 0.3 is 6.18 Å². The summed E-state index contributed by atoms with van der Waals surface area (Å²) in [6.45, 7) is 3.36. The number of pyridine rings is 1. The molecule has 0 saturated heterocycles. The number of hydrogen-bond donors (Lipinski definition) is 2. The number of anilines is 1. The zero-order valence-corrected chi connectivity index (χ0v) is 20.9. The van der Waals surface area contributed by atoms with Crippen LogP contribution in [0.4, 0.5) is 23.2 Å². The molecule has 2 atom stereocenters. The van der Waals surface area contributed by atoms with Crippen LogP contribution >= 0.6 is 11.6 Å². The minimum Gasteiger partial charge on any atom is -0.457 e. The number of nitrogens with zero attached hydrogens (tertiary/aromatic N) is 1. The van der Waals surface area contributed by atoms with E-state index in [2.05, 4.69) is 15.6 Å². The van der Waals surface area contributed by atoms with Crippen molar-refractivity contribution in [2.24, 2.45) is 11.8 Å². The molecule has 196 valence electrons. The Labute approximate surface area is 216 Å². The lowest BCUT2D eigenvalue weighted by Gasteiger charge is -2.20. The molecule has 0 saturated carbocycles. The lowest BCUT2D eigenvalue weighted by atomic mass is 9.88. The van der Waals surface area contributed by atoms with E-state index in [1.165, 1.54) is 43.6 Å². The summed E-state index contributed by atoms with van der Waals surface area (Å²) in [6.07, 6.45) is -3.06. The van der Waals surface area contributed by atoms with Gasteiger partial charge in [-0.15, -0.1) is 0 Å². The average molecular weight is 538 g/mol. The fourth-order valence-corrected chi connectivity index (χ4v) is 3.70. The van der Waals surface area contributed by atoms with E-state index in [1.54, 1.807) is 19.9 Å². The number of nitrogens with one attached hydrogen (secondary N) is 2. The number of rotatable bonds is 8. The van der Waals surface area contributed by atoms with Crippen LogP contribution in [0.15, 0.2) is 54.7 Å². The van der Waals surface area contributed by atoms with E-state index in [-0.39, 0.29) is 29.5 Å². The standard InChI is InChI=1S/C26H24ClF4N3O3/c1-14(15(2)24(35)34-17-5-7-21(27)20(11-17)26(29,30)31)10-16-4-6-18(12-22(16)28)37-19-8-9-33-23(13-19)25(36)32-3/h4-9,11-15H,10H2,1-3H3,(H,32,36)(H,34,35)/t14-,15?/m1/s1. The highest BCUT2D eigenvalue weighted by molar-refractivity contribution is 6.31. The predicted octanol–water partition coefficient (Wildman–Crippen LogP) is 6.50. The second kappa shape index (κ2) is 11.6. The maximum atomic E-state index is 14.8. The van der Waals surface area contributed by atoms with Gasteiger partial charge in [0.05, 0.1) is 10.6 Å². The number of carbonyl (C=O) groups is 2. The Morgan fingerprint density at radius 1 is 1.05 bits per heavy atom. The van der Waals surface area contributed by atoms with Crippen molar-refractivity contribution in [2.75, 3.05) is 12.4 Å². The summed E-state index contributed by atoms with van der Waals surface area (Å²) >= 11 is 5.62. The number of amides is 2. The average Bonchev–Trinajstić information content (AvgIpc) is 2.85. The third-order valence-corrected chi connectivity index (χ3v) is 6.13. The summed E-state index contributed by atoms with van der Waals surface area (Å²) in [5.41, 5.74) is -0.602. The molecular formula is C26H24ClF4N3O3. The molecule has 2 N–H and O–H groups in total. The fraction of sp³-hybridized carbons (Fsp3) is 0.269. The zero-order chi connectivity index (χ0) is 27.3. The maximum absolute atomic E-state index is 14.8. The van der Waals surface area contributed by atoms with Gasteiger partial charge in [-0.2, -0.15) is 13.2 Å². The van der Waals surface area contributed by atoms with Crippen molar-refractivity contribution in [3.8, 4) is 11.5 Å². The number of ether oxygens (including phenoxy) is 1. The Kier molecular flexibility index (Phi) is 8.75. The van der Waals surface area contributed by atoms with Crippen LogP contribution in [0.25, 0.3) is 0 Å². The van der Waals surface area contributed by atoms with E-state index in [9.17, 15) is 27.2 Å². The number of benzene rings is 2. The first kappa shape index (κ1) is 27.9. The lowest BCUT2D eigenvalue weighted by Crippen LogP contribution is -2.27. The molecule has 1 unspecified atom stereocenters. The van der Waals surface area contributed by atoms with Crippen LogP contribution in [-0.2, 0) is 17.4 Å². The molecule has 1 heterocycles. The summed E-state index contributed by atoms with van der Waals surface area (Å²) in [4.78, 5) is 28.3. The summed E-state index contributed by atoms with van der Waals surface area (Å²) in [5, 5.41) is 4.46. The predicted molar refractivity (Wildman–Crippen MR) is 131 cm³/mol. The number of alkyl halides is 3. The third-order valence-electron chi connectivity index (χ3n) is 5.80. The second-order valence-corrected chi connectivity index (χ2v) is 8.87. The number of halogens is 5. The molecule has 1 aromatic heterocycles. The molecule has 0 bridgehead atoms. The first-order valence-corrected chi connectivity index (χ1v) is 11.6. The smallest absolute Gasteiger partial charge is 0.417 e. The molecule has 2 amide bonds. The molecule has 0 spiro atoms. The summed E-state index contributed by atoms with van der Waals surface area (Å²) in [6, 6.07) is 10.4. The van der Waals surface area contributed by atoms with E-state index in [0.29, 0.717) is 11.3 Å². The minimum atomic E-state index is -4.66. The first-order chi connectivity index (χ1) is 17.4. The molecule has 0 aliphatic carbocycles. The molecule has 3 aromatic rings. The first-order valence-electron chi connectivity index (χ1n) is 11.2. The normalized spacial score (nSPS) is 13.0. The van der Waals surface area contributed by atoms with E-state index in [4.69, 9.17) is 16.3 Å². The highest BCUT2D eigenvalue weighted by Crippen LogP contribution is 2.36. The van der Waals surface area contributed by atoms with Gasteiger partial charge in [-0.05, 0) is 48.2 Å². The third kappa shape index (κ3) is 7.19. The quantitative estimate of drug-likeness (QED) is 0.322. The molecular weight excluding hydrogens is 514 g/mol. The number of hydrogen-bond acceptors (Lipinski definition) is 4. The minimum absolute atomic E-state index is 0.0378. The van der Waals surface area contributed by atoms with Crippen molar-refractivity contribution in [2.45, 2.75) is 26.4 Å². The number of aromatic nitrogens is 1. The van der Waals surface area contributed by atoms with Crippen molar-refractivity contribution in [3.05, 3.63) is 82.4 Å². The largest absolute Gasteiger partial charge is 0.457 e. The van der Waals surface area contributed by atoms with Gasteiger partial charge in [0.15, 0.2) is 0 Å². The molecule has 0 fully saturated rings. The SMILES string of the molecule is CNC(=O)c1cc(Oc2ccc(C[C@@H](C)C(C)C(=O)Nc3ccc(Cl)c(C(F)(F)F)c3)c(F)c2)ccn1. The maximum Gasteiger partial charge on any atom is 0.417 e. The monoisotopic (exact) mass is 537 g/mol. The van der Waals surface area contributed by atoms with Crippen LogP contribution in [0.2, 0.25) is 5.02 Å². The van der Waals surface area contributed by atoms with Gasteiger partial charge in [0.25, 0.3) is 5.91 Å². The molecule has 0 radical (unpaired) electrons. The van der Waals surface area contributed by atoms with Gasteiger partial charge in [0.2, 0.25) is 5.91 Å². The van der Waals surface area contributed by atoms with Crippen molar-refractivity contribution < 1.29 is 31.9 Å². The van der Waals surface area contributed by atoms with Crippen LogP contribution in [-0.4, -0.2) is 23.8 Å². The summed E-state index contributed by atoms with van der Waals surface area (Å²) in [5.74, 6) is -1.92. The molecule has 37 heavy (non-hydrogen) atoms. The van der Waals surface area contributed by atoms with E-state index in [1.807, 2.05) is 0 Å². The van der Waals surface area contributed by atoms with Crippen molar-refractivity contribution >= 4 is 29.1 Å². The topological polar surface area (TPSA) is 80.3 Å². The molecule has 11 heteroatoms. The summed E-state index contributed by atoms with van der Waals surface area (Å²) < 4.78 is 59.7. The van der Waals surface area contributed by atoms with Gasteiger partial charge in [0, 0.05) is 37.0 Å². The highest BCUT2D eigenvalue weighted by Gasteiger charge is 2.33. The summed E-state index contributed by atoms with van der Waals surface area (Å²) in [7, 11) is 1.47. The Morgan fingerprint density at radius 3 is 2.41 bits per heavy atom. The Hall–Kier alpha value is -3.66. The van der Waals surface area contributed by atoms with Gasteiger partial charge < -0.3 is 15.4 Å². The molecule has 0 aliphatic rings. The zero-order valence-electron chi connectivity index (χ0n) is 20.1. The molecule has 3 rings (SSSR count). The molecule has 6 nitrogen and oxygen atoms in total. The van der Waals surface area contributed by atoms with Crippen LogP contribution in [0.5, 0.6) is 11.5 Å². The van der Waals surface area contributed by atoms with Gasteiger partial charge in [-0.25, -0.2) is 4.39 Å². The van der Waals surface area contributed by atoms with Crippen LogP contribution in [0, 0.1) is 17.7 Å². The van der Waals surface area contributed by atoms with Gasteiger partial charge in [0.1, 0.15) is 23.0 Å². The van der Waals surface area contributed by atoms with E-state index >= 15 is 0 Å². The van der Waals surface area contributed by atoms with Gasteiger partial charge in [-0.3, -0.25) is 14.6 Å². The molecule has 2 aromatic carbocycles. The van der Waals surface area contributed by atoms with Crippen LogP contribution in [0.3, 0.4) is 0 Å². The Balaban J connectivity index is 1.65. The van der Waals surface area contributed by atoms with Crippen molar-refractivity contribution in [1.29, 1.82) is 0 Å². The van der Waals surface area contributed by atoms with Crippen molar-refractivity contribution in [3.63, 3.8) is 0 Å². The van der Waals surface area contributed by atoms with Crippen LogP contribution < -0.4 is 15.4 Å². The van der Waals surface area contributed by atoms with E-state index < -0.39 is 40.3 Å². The fourth-order valence-electron chi connectivity index (χ4n) is 3.48.